The summed E-state index contributed by atoms with van der Waals surface area (Å²) in [7, 11) is -3.72. The summed E-state index contributed by atoms with van der Waals surface area (Å²) >= 11 is 0. The standard InChI is InChI=1S/C16H14N4O5S/c1-2-7-18-26(24,25)10-5-3-9(4-6-10)20-12(21)8-11-13(14(20)17)16(23)19-15(11)22/h2-6,8,18H,1,7,17H2,(H,19,22,23). The molecule has 0 radical (unpaired) electrons. The number of rotatable bonds is 5. The molecule has 10 heteroatoms. The van der Waals surface area contributed by atoms with Crippen LogP contribution in [0.1, 0.15) is 20.7 Å². The van der Waals surface area contributed by atoms with Gasteiger partial charge >= 0.3 is 0 Å². The second kappa shape index (κ2) is 6.24. The van der Waals surface area contributed by atoms with Gasteiger partial charge in [0.1, 0.15) is 5.82 Å². The lowest BCUT2D eigenvalue weighted by Gasteiger charge is -2.12. The molecule has 0 unspecified atom stereocenters. The maximum Gasteiger partial charge on any atom is 0.262 e. The molecule has 1 aliphatic heterocycles. The second-order valence-corrected chi connectivity index (χ2v) is 7.18. The van der Waals surface area contributed by atoms with Gasteiger partial charge in [-0.1, -0.05) is 6.08 Å². The van der Waals surface area contributed by atoms with Crippen LogP contribution >= 0.6 is 0 Å². The highest BCUT2D eigenvalue weighted by molar-refractivity contribution is 7.89. The van der Waals surface area contributed by atoms with Gasteiger partial charge < -0.3 is 5.73 Å². The Morgan fingerprint density at radius 2 is 1.81 bits per heavy atom. The average molecular weight is 374 g/mol. The van der Waals surface area contributed by atoms with Crippen LogP contribution in [-0.4, -0.2) is 31.3 Å². The Kier molecular flexibility index (Phi) is 4.22. The summed E-state index contributed by atoms with van der Waals surface area (Å²) in [5.41, 5.74) is 5.39. The molecule has 0 fully saturated rings. The van der Waals surface area contributed by atoms with Gasteiger partial charge in [0.2, 0.25) is 10.0 Å². The molecule has 0 saturated heterocycles. The van der Waals surface area contributed by atoms with E-state index in [1.54, 1.807) is 0 Å². The number of sulfonamides is 1. The summed E-state index contributed by atoms with van der Waals surface area (Å²) in [5, 5.41) is 2.07. The molecule has 0 spiro atoms. The average Bonchev–Trinajstić information content (AvgIpc) is 2.87. The van der Waals surface area contributed by atoms with Crippen LogP contribution in [0, 0.1) is 0 Å². The van der Waals surface area contributed by atoms with E-state index in [2.05, 4.69) is 16.6 Å². The molecular formula is C16H14N4O5S. The van der Waals surface area contributed by atoms with Gasteiger partial charge in [0.05, 0.1) is 21.7 Å². The van der Waals surface area contributed by atoms with Crippen LogP contribution in [0.5, 0.6) is 0 Å². The molecule has 0 bridgehead atoms. The lowest BCUT2D eigenvalue weighted by atomic mass is 10.1. The molecule has 0 atom stereocenters. The van der Waals surface area contributed by atoms with Crippen molar-refractivity contribution in [2.24, 2.45) is 0 Å². The molecule has 2 amide bonds. The summed E-state index contributed by atoms with van der Waals surface area (Å²) in [6.45, 7) is 3.51. The van der Waals surface area contributed by atoms with E-state index in [1.165, 1.54) is 30.3 Å². The first-order chi connectivity index (χ1) is 12.3. The van der Waals surface area contributed by atoms with Crippen molar-refractivity contribution in [1.29, 1.82) is 0 Å². The lowest BCUT2D eigenvalue weighted by Crippen LogP contribution is -2.25. The predicted molar refractivity (Wildman–Crippen MR) is 93.6 cm³/mol. The molecule has 1 aromatic carbocycles. The van der Waals surface area contributed by atoms with E-state index in [9.17, 15) is 22.8 Å². The lowest BCUT2D eigenvalue weighted by molar-refractivity contribution is 0.0880. The number of nitrogen functional groups attached to an aromatic ring is 1. The molecule has 1 aliphatic rings. The zero-order chi connectivity index (χ0) is 19.1. The van der Waals surface area contributed by atoms with Crippen LogP contribution in [0.3, 0.4) is 0 Å². The van der Waals surface area contributed by atoms with Crippen molar-refractivity contribution in [1.82, 2.24) is 14.6 Å². The number of imide groups is 1. The molecule has 2 heterocycles. The first-order valence-corrected chi connectivity index (χ1v) is 8.87. The summed E-state index contributed by atoms with van der Waals surface area (Å²) in [4.78, 5) is 35.8. The third-order valence-corrected chi connectivity index (χ3v) is 5.22. The monoisotopic (exact) mass is 374 g/mol. The third-order valence-electron chi connectivity index (χ3n) is 3.78. The summed E-state index contributed by atoms with van der Waals surface area (Å²) in [5.74, 6) is -1.57. The minimum absolute atomic E-state index is 0.0104. The highest BCUT2D eigenvalue weighted by atomic mass is 32.2. The van der Waals surface area contributed by atoms with Gasteiger partial charge in [0, 0.05) is 12.6 Å². The van der Waals surface area contributed by atoms with Crippen LogP contribution in [0.25, 0.3) is 5.69 Å². The molecule has 9 nitrogen and oxygen atoms in total. The number of benzene rings is 1. The topological polar surface area (TPSA) is 140 Å². The number of aromatic nitrogens is 1. The maximum atomic E-state index is 12.3. The van der Waals surface area contributed by atoms with Gasteiger partial charge in [-0.3, -0.25) is 24.3 Å². The Morgan fingerprint density at radius 3 is 2.42 bits per heavy atom. The van der Waals surface area contributed by atoms with E-state index in [0.717, 1.165) is 10.6 Å². The van der Waals surface area contributed by atoms with E-state index < -0.39 is 27.4 Å². The number of amides is 2. The number of nitrogens with two attached hydrogens (primary N) is 1. The van der Waals surface area contributed by atoms with Crippen molar-refractivity contribution < 1.29 is 18.0 Å². The molecule has 3 rings (SSSR count). The molecule has 4 N–H and O–H groups in total. The minimum Gasteiger partial charge on any atom is -0.384 e. The quantitative estimate of drug-likeness (QED) is 0.488. The van der Waals surface area contributed by atoms with E-state index in [1.807, 2.05) is 0 Å². The Labute approximate surface area is 148 Å². The van der Waals surface area contributed by atoms with Gasteiger partial charge in [0.25, 0.3) is 17.4 Å². The third kappa shape index (κ3) is 2.80. The second-order valence-electron chi connectivity index (χ2n) is 5.41. The Bertz CT molecular complexity index is 1100. The van der Waals surface area contributed by atoms with Crippen molar-refractivity contribution in [3.8, 4) is 5.69 Å². The summed E-state index contributed by atoms with van der Waals surface area (Å²) in [6, 6.07) is 6.36. The van der Waals surface area contributed by atoms with Crippen molar-refractivity contribution in [2.75, 3.05) is 12.3 Å². The van der Waals surface area contributed by atoms with Crippen molar-refractivity contribution in [3.63, 3.8) is 0 Å². The number of fused-ring (bicyclic) bond motifs is 1. The number of pyridine rings is 1. The number of nitrogens with one attached hydrogen (secondary N) is 2. The molecule has 1 aromatic heterocycles. The number of hydrogen-bond acceptors (Lipinski definition) is 6. The van der Waals surface area contributed by atoms with Crippen molar-refractivity contribution in [2.45, 2.75) is 4.90 Å². The fourth-order valence-corrected chi connectivity index (χ4v) is 3.57. The van der Waals surface area contributed by atoms with E-state index in [-0.39, 0.29) is 34.1 Å². The molecule has 2 aromatic rings. The van der Waals surface area contributed by atoms with Crippen molar-refractivity contribution >= 4 is 27.7 Å². The highest BCUT2D eigenvalue weighted by Crippen LogP contribution is 2.23. The largest absolute Gasteiger partial charge is 0.384 e. The highest BCUT2D eigenvalue weighted by Gasteiger charge is 2.31. The summed E-state index contributed by atoms with van der Waals surface area (Å²) < 4.78 is 27.5. The SMILES string of the molecule is C=CCNS(=O)(=O)c1ccc(-n2c(N)c3c(cc2=O)C(=O)NC3=O)cc1. The van der Waals surface area contributed by atoms with E-state index in [4.69, 9.17) is 5.73 Å². The number of carbonyl (C=O) groups excluding carboxylic acids is 2. The Morgan fingerprint density at radius 1 is 1.15 bits per heavy atom. The predicted octanol–water partition coefficient (Wildman–Crippen LogP) is -0.232. The molecule has 0 aliphatic carbocycles. The Balaban J connectivity index is 2.08. The van der Waals surface area contributed by atoms with E-state index in [0.29, 0.717) is 0 Å². The first kappa shape index (κ1) is 17.6. The van der Waals surface area contributed by atoms with Gasteiger partial charge in [-0.25, -0.2) is 13.1 Å². The van der Waals surface area contributed by atoms with E-state index >= 15 is 0 Å². The normalized spacial score (nSPS) is 13.4. The molecule has 0 saturated carbocycles. The Hall–Kier alpha value is -3.24. The molecular weight excluding hydrogens is 360 g/mol. The van der Waals surface area contributed by atoms with Crippen LogP contribution in [0.2, 0.25) is 0 Å². The molecule has 26 heavy (non-hydrogen) atoms. The first-order valence-electron chi connectivity index (χ1n) is 7.38. The van der Waals surface area contributed by atoms with Gasteiger partial charge in [-0.2, -0.15) is 0 Å². The fraction of sp³-hybridized carbons (Fsp3) is 0.0625. The smallest absolute Gasteiger partial charge is 0.262 e. The maximum absolute atomic E-state index is 12.3. The number of hydrogen-bond donors (Lipinski definition) is 3. The van der Waals surface area contributed by atoms with Gasteiger partial charge in [-0.15, -0.1) is 6.58 Å². The zero-order valence-electron chi connectivity index (χ0n) is 13.4. The van der Waals surface area contributed by atoms with Crippen molar-refractivity contribution in [3.05, 3.63) is 64.5 Å². The summed E-state index contributed by atoms with van der Waals surface area (Å²) in [6.07, 6.45) is 1.41. The van der Waals surface area contributed by atoms with Crippen LogP contribution in [0.15, 0.2) is 52.7 Å². The number of anilines is 1. The van der Waals surface area contributed by atoms with Crippen LogP contribution < -0.4 is 21.3 Å². The number of carbonyl (C=O) groups is 2. The number of nitrogens with zero attached hydrogens (tertiary/aromatic N) is 1. The van der Waals surface area contributed by atoms with Gasteiger partial charge in [0.15, 0.2) is 0 Å². The zero-order valence-corrected chi connectivity index (χ0v) is 14.2. The fourth-order valence-electron chi connectivity index (χ4n) is 2.57. The van der Waals surface area contributed by atoms with Gasteiger partial charge in [-0.05, 0) is 24.3 Å². The van der Waals surface area contributed by atoms with Crippen LogP contribution in [-0.2, 0) is 10.0 Å². The van der Waals surface area contributed by atoms with Crippen LogP contribution in [0.4, 0.5) is 5.82 Å². The minimum atomic E-state index is -3.72. The molecule has 134 valence electrons.